The van der Waals surface area contributed by atoms with Crippen LogP contribution in [0.4, 0.5) is 5.13 Å². The average Bonchev–Trinajstić information content (AvgIpc) is 3.54. The summed E-state index contributed by atoms with van der Waals surface area (Å²) in [6.45, 7) is 1.25. The van der Waals surface area contributed by atoms with Gasteiger partial charge in [-0.25, -0.2) is 9.67 Å². The Morgan fingerprint density at radius 3 is 2.97 bits per heavy atom. The molecule has 3 aromatic heterocycles. The molecule has 5 heterocycles. The third kappa shape index (κ3) is 5.15. The number of anilines is 1. The maximum atomic E-state index is 11.1. The minimum atomic E-state index is -1.10. The van der Waals surface area contributed by atoms with Gasteiger partial charge in [0.2, 0.25) is 0 Å². The quantitative estimate of drug-likeness (QED) is 0.340. The Balaban J connectivity index is 1.48. The van der Waals surface area contributed by atoms with Crippen molar-refractivity contribution in [2.75, 3.05) is 32.5 Å². The maximum absolute atomic E-state index is 11.1. The number of ether oxygens (including phenoxy) is 2. The molecule has 0 amide bonds. The molecule has 1 saturated heterocycles. The summed E-state index contributed by atoms with van der Waals surface area (Å²) in [6.07, 6.45) is 3.66. The van der Waals surface area contributed by atoms with E-state index < -0.39 is 29.8 Å². The van der Waals surface area contributed by atoms with Crippen molar-refractivity contribution >= 4 is 45.4 Å². The second kappa shape index (κ2) is 11.1. The van der Waals surface area contributed by atoms with Gasteiger partial charge in [-0.1, -0.05) is 34.7 Å². The Labute approximate surface area is 220 Å². The van der Waals surface area contributed by atoms with Gasteiger partial charge < -0.3 is 30.7 Å². The number of nitrogens with one attached hydrogen (secondary N) is 1. The molecule has 2 aliphatic heterocycles. The summed E-state index contributed by atoms with van der Waals surface area (Å²) < 4.78 is 13.5. The van der Waals surface area contributed by atoms with Gasteiger partial charge in [0.1, 0.15) is 41.2 Å². The van der Waals surface area contributed by atoms with Crippen molar-refractivity contribution in [3.63, 3.8) is 0 Å². The fourth-order valence-corrected chi connectivity index (χ4v) is 6.49. The van der Waals surface area contributed by atoms with Crippen molar-refractivity contribution in [2.45, 2.75) is 41.1 Å². The van der Waals surface area contributed by atoms with Gasteiger partial charge >= 0.3 is 0 Å². The number of nitrogen functional groups attached to an aromatic ring is 1. The number of halogens is 1. The predicted molar refractivity (Wildman–Crippen MR) is 138 cm³/mol. The molecule has 0 aliphatic carbocycles. The highest BCUT2D eigenvalue weighted by Crippen LogP contribution is 2.42. The highest BCUT2D eigenvalue weighted by Gasteiger charge is 2.47. The van der Waals surface area contributed by atoms with Crippen LogP contribution in [0.3, 0.4) is 0 Å². The first-order chi connectivity index (χ1) is 17.5. The lowest BCUT2D eigenvalue weighted by Crippen LogP contribution is -2.55. The zero-order valence-corrected chi connectivity index (χ0v) is 21.7. The fourth-order valence-electron chi connectivity index (χ4n) is 4.37. The summed E-state index contributed by atoms with van der Waals surface area (Å²) in [4.78, 5) is 9.68. The van der Waals surface area contributed by atoms with Crippen LogP contribution in [0, 0.1) is 0 Å². The predicted octanol–water partition coefficient (Wildman–Crippen LogP) is 1.84. The number of rotatable bonds is 7. The molecule has 192 valence electrons. The van der Waals surface area contributed by atoms with Crippen LogP contribution >= 0.6 is 34.7 Å². The van der Waals surface area contributed by atoms with Crippen LogP contribution in [0.5, 0.6) is 0 Å². The molecule has 5 unspecified atom stereocenters. The summed E-state index contributed by atoms with van der Waals surface area (Å²) in [5, 5.41) is 35.6. The van der Waals surface area contributed by atoms with Crippen molar-refractivity contribution in [1.29, 1.82) is 0 Å². The Hall–Kier alpha value is -2.10. The third-order valence-corrected chi connectivity index (χ3v) is 8.18. The van der Waals surface area contributed by atoms with Gasteiger partial charge in [-0.05, 0) is 24.6 Å². The van der Waals surface area contributed by atoms with E-state index in [1.54, 1.807) is 24.9 Å². The lowest BCUT2D eigenvalue weighted by atomic mass is 9.97. The van der Waals surface area contributed by atoms with Crippen LogP contribution in [0.2, 0.25) is 5.02 Å². The molecule has 1 fully saturated rings. The summed E-state index contributed by atoms with van der Waals surface area (Å²) in [5.74, 6) is 0. The summed E-state index contributed by atoms with van der Waals surface area (Å²) in [7, 11) is 1.55. The van der Waals surface area contributed by atoms with E-state index in [4.69, 9.17) is 26.8 Å². The summed E-state index contributed by atoms with van der Waals surface area (Å²) in [5.41, 5.74) is 8.21. The van der Waals surface area contributed by atoms with Gasteiger partial charge in [0, 0.05) is 30.1 Å². The van der Waals surface area contributed by atoms with Gasteiger partial charge in [0.05, 0.1) is 23.5 Å². The molecule has 0 aromatic carbocycles. The van der Waals surface area contributed by atoms with Crippen LogP contribution < -0.4 is 11.1 Å². The van der Waals surface area contributed by atoms with Crippen molar-refractivity contribution in [2.24, 2.45) is 0 Å². The fraction of sp³-hybridized carbons (Fsp3) is 0.455. The topological polar surface area (TPSA) is 153 Å². The number of thiazole rings is 1. The van der Waals surface area contributed by atoms with E-state index in [1.165, 1.54) is 27.8 Å². The number of methoxy groups -OCH3 is 1. The highest BCUT2D eigenvalue weighted by atomic mass is 35.5. The first-order valence-corrected chi connectivity index (χ1v) is 13.4. The van der Waals surface area contributed by atoms with E-state index in [1.807, 2.05) is 6.07 Å². The average molecular weight is 552 g/mol. The number of aliphatic hydroxyl groups excluding tert-OH is 2. The molecule has 3 aromatic rings. The number of aromatic nitrogens is 5. The van der Waals surface area contributed by atoms with E-state index >= 15 is 0 Å². The SMILES string of the molecule is COC1C(Sc2cc(Cl)cnc2C2=CCNCC2)OC(CO)C(O)C1n1cc(-c2csc(N)n2)nn1. The molecule has 2 aliphatic rings. The molecule has 14 heteroatoms. The monoisotopic (exact) mass is 551 g/mol. The van der Waals surface area contributed by atoms with Crippen molar-refractivity contribution in [3.8, 4) is 11.4 Å². The summed E-state index contributed by atoms with van der Waals surface area (Å²) in [6, 6.07) is 1.16. The minimum Gasteiger partial charge on any atom is -0.394 e. The number of pyridine rings is 1. The molecule has 36 heavy (non-hydrogen) atoms. The smallest absolute Gasteiger partial charge is 0.180 e. The molecule has 0 spiro atoms. The molecule has 5 N–H and O–H groups in total. The molecule has 0 saturated carbocycles. The van der Waals surface area contributed by atoms with Crippen molar-refractivity contribution in [1.82, 2.24) is 30.3 Å². The zero-order chi connectivity index (χ0) is 25.2. The maximum Gasteiger partial charge on any atom is 0.180 e. The van der Waals surface area contributed by atoms with Gasteiger partial charge in [-0.3, -0.25) is 4.98 Å². The first kappa shape index (κ1) is 25.5. The van der Waals surface area contributed by atoms with Gasteiger partial charge in [-0.15, -0.1) is 16.4 Å². The van der Waals surface area contributed by atoms with Gasteiger partial charge in [-0.2, -0.15) is 0 Å². The Kier molecular flexibility index (Phi) is 7.88. The largest absolute Gasteiger partial charge is 0.394 e. The number of aliphatic hydroxyl groups is 2. The van der Waals surface area contributed by atoms with Gasteiger partial charge in [0.25, 0.3) is 0 Å². The second-order valence-electron chi connectivity index (χ2n) is 8.36. The normalized spacial score (nSPS) is 26.7. The molecule has 11 nitrogen and oxygen atoms in total. The molecular formula is C22H26ClN7O4S2. The van der Waals surface area contributed by atoms with E-state index in [2.05, 4.69) is 31.7 Å². The van der Waals surface area contributed by atoms with E-state index in [-0.39, 0.29) is 6.61 Å². The Morgan fingerprint density at radius 1 is 1.42 bits per heavy atom. The number of hydrogen-bond acceptors (Lipinski definition) is 12. The molecule has 5 atom stereocenters. The van der Waals surface area contributed by atoms with Crippen LogP contribution in [0.25, 0.3) is 17.0 Å². The number of nitrogens with zero attached hydrogens (tertiary/aromatic N) is 5. The standard InChI is InChI=1S/C22H26ClN7O4S2/c1-33-20-18(30-8-13(28-29-30)14-10-35-22(24)27-14)19(32)15(9-31)34-21(20)36-16-6-12(23)7-26-17(16)11-2-4-25-5-3-11/h2,6-8,10,15,18-21,25,31-32H,3-5,9H2,1H3,(H2,24,27). The van der Waals surface area contributed by atoms with E-state index in [0.717, 1.165) is 35.7 Å². The van der Waals surface area contributed by atoms with Crippen LogP contribution in [0.15, 0.2) is 34.8 Å². The third-order valence-electron chi connectivity index (χ3n) is 6.13. The summed E-state index contributed by atoms with van der Waals surface area (Å²) >= 11 is 9.01. The van der Waals surface area contributed by atoms with Crippen LogP contribution in [0.1, 0.15) is 18.2 Å². The number of nitrogens with two attached hydrogens (primary N) is 1. The van der Waals surface area contributed by atoms with Crippen molar-refractivity contribution in [3.05, 3.63) is 40.6 Å². The zero-order valence-electron chi connectivity index (χ0n) is 19.3. The Morgan fingerprint density at radius 2 is 2.28 bits per heavy atom. The molecular weight excluding hydrogens is 526 g/mol. The molecule has 0 bridgehead atoms. The van der Waals surface area contributed by atoms with Crippen molar-refractivity contribution < 1.29 is 19.7 Å². The minimum absolute atomic E-state index is 0.382. The van der Waals surface area contributed by atoms with Crippen LogP contribution in [-0.2, 0) is 9.47 Å². The highest BCUT2D eigenvalue weighted by molar-refractivity contribution is 7.99. The van der Waals surface area contributed by atoms with E-state index in [0.29, 0.717) is 21.5 Å². The Bertz CT molecular complexity index is 1240. The first-order valence-electron chi connectivity index (χ1n) is 11.3. The molecule has 5 rings (SSSR count). The van der Waals surface area contributed by atoms with Crippen LogP contribution in [-0.4, -0.2) is 85.7 Å². The lowest BCUT2D eigenvalue weighted by molar-refractivity contribution is -0.186. The lowest BCUT2D eigenvalue weighted by Gasteiger charge is -2.43. The van der Waals surface area contributed by atoms with E-state index in [9.17, 15) is 10.2 Å². The number of hydrogen-bond donors (Lipinski definition) is 4. The number of thioether (sulfide) groups is 1. The van der Waals surface area contributed by atoms with Gasteiger partial charge in [0.15, 0.2) is 5.13 Å². The second-order valence-corrected chi connectivity index (χ2v) is 10.8. The molecule has 0 radical (unpaired) electrons.